The predicted octanol–water partition coefficient (Wildman–Crippen LogP) is 3.34. The molecule has 1 aromatic carbocycles. The lowest BCUT2D eigenvalue weighted by Crippen LogP contribution is -2.37. The van der Waals surface area contributed by atoms with Crippen LogP contribution in [-0.2, 0) is 0 Å². The van der Waals surface area contributed by atoms with E-state index >= 15 is 0 Å². The molecule has 1 aromatic rings. The summed E-state index contributed by atoms with van der Waals surface area (Å²) in [5.41, 5.74) is 2.69. The first-order valence-electron chi connectivity index (χ1n) is 8.42. The Bertz CT molecular complexity index is 408. The van der Waals surface area contributed by atoms with Crippen molar-refractivity contribution >= 4 is 5.69 Å². The van der Waals surface area contributed by atoms with Gasteiger partial charge in [0.1, 0.15) is 0 Å². The highest BCUT2D eigenvalue weighted by Gasteiger charge is 2.22. The van der Waals surface area contributed by atoms with Crippen molar-refractivity contribution in [2.45, 2.75) is 52.2 Å². The fraction of sp³-hybridized carbons (Fsp3) is 0.667. The monoisotopic (exact) mass is 290 g/mol. The lowest BCUT2D eigenvalue weighted by molar-refractivity contribution is 0.110. The zero-order valence-electron chi connectivity index (χ0n) is 13.7. The maximum Gasteiger partial charge on any atom is 0.0541 e. The van der Waals surface area contributed by atoms with Crippen molar-refractivity contribution in [3.63, 3.8) is 0 Å². The predicted molar refractivity (Wildman–Crippen MR) is 89.8 cm³/mol. The fourth-order valence-electron chi connectivity index (χ4n) is 3.30. The molecule has 1 saturated heterocycles. The van der Waals surface area contributed by atoms with E-state index in [1.54, 1.807) is 0 Å². The van der Waals surface area contributed by atoms with Crippen LogP contribution in [0.5, 0.6) is 0 Å². The van der Waals surface area contributed by atoms with Crippen LogP contribution >= 0.6 is 0 Å². The molecule has 2 N–H and O–H groups in total. The van der Waals surface area contributed by atoms with Crippen molar-refractivity contribution in [2.24, 2.45) is 5.92 Å². The number of aliphatic hydroxyl groups is 1. The molecule has 1 heterocycles. The molecule has 0 aliphatic carbocycles. The molecule has 1 aliphatic rings. The molecular weight excluding hydrogens is 260 g/mol. The largest absolute Gasteiger partial charge is 0.393 e. The number of rotatable bonds is 6. The van der Waals surface area contributed by atoms with Gasteiger partial charge in [0.25, 0.3) is 0 Å². The third-order valence-corrected chi connectivity index (χ3v) is 4.74. The minimum absolute atomic E-state index is 0.167. The molecule has 2 rings (SSSR count). The standard InChI is InChI=1S/C18H30N2O/c1-4-18(19-5-2)16-6-8-17(9-7-16)20-12-10-15(11-13-20)14(3)21/h6-9,14-15,18-19,21H,4-5,10-13H2,1-3H3. The molecular formula is C18H30N2O. The molecule has 118 valence electrons. The molecule has 3 heteroatoms. The summed E-state index contributed by atoms with van der Waals surface area (Å²) in [6, 6.07) is 9.47. The van der Waals surface area contributed by atoms with Crippen LogP contribution in [0.4, 0.5) is 5.69 Å². The van der Waals surface area contributed by atoms with E-state index in [0.29, 0.717) is 12.0 Å². The Morgan fingerprint density at radius 2 is 1.81 bits per heavy atom. The summed E-state index contributed by atoms with van der Waals surface area (Å²) < 4.78 is 0. The number of nitrogens with one attached hydrogen (secondary N) is 1. The summed E-state index contributed by atoms with van der Waals surface area (Å²) in [5, 5.41) is 13.2. The van der Waals surface area contributed by atoms with E-state index in [1.807, 2.05) is 6.92 Å². The SMILES string of the molecule is CCNC(CC)c1ccc(N2CCC(C(C)O)CC2)cc1. The van der Waals surface area contributed by atoms with Crippen LogP contribution in [0.25, 0.3) is 0 Å². The number of nitrogens with zero attached hydrogens (tertiary/aromatic N) is 1. The van der Waals surface area contributed by atoms with Gasteiger partial charge in [-0.15, -0.1) is 0 Å². The number of hydrogen-bond donors (Lipinski definition) is 2. The van der Waals surface area contributed by atoms with E-state index < -0.39 is 0 Å². The van der Waals surface area contributed by atoms with Crippen LogP contribution in [0.2, 0.25) is 0 Å². The lowest BCUT2D eigenvalue weighted by Gasteiger charge is -2.35. The Morgan fingerprint density at radius 1 is 1.19 bits per heavy atom. The second-order valence-electron chi connectivity index (χ2n) is 6.18. The van der Waals surface area contributed by atoms with E-state index in [-0.39, 0.29) is 6.10 Å². The Balaban J connectivity index is 1.96. The van der Waals surface area contributed by atoms with Crippen LogP contribution in [0, 0.1) is 5.92 Å². The topological polar surface area (TPSA) is 35.5 Å². The first-order chi connectivity index (χ1) is 10.2. The van der Waals surface area contributed by atoms with Crippen molar-refractivity contribution in [3.8, 4) is 0 Å². The highest BCUT2D eigenvalue weighted by Crippen LogP contribution is 2.26. The molecule has 0 amide bonds. The molecule has 21 heavy (non-hydrogen) atoms. The van der Waals surface area contributed by atoms with Gasteiger partial charge >= 0.3 is 0 Å². The van der Waals surface area contributed by atoms with Crippen molar-refractivity contribution < 1.29 is 5.11 Å². The fourth-order valence-corrected chi connectivity index (χ4v) is 3.30. The molecule has 2 atom stereocenters. The van der Waals surface area contributed by atoms with Gasteiger partial charge in [-0.3, -0.25) is 0 Å². The average Bonchev–Trinajstić information content (AvgIpc) is 2.53. The number of aliphatic hydroxyl groups excluding tert-OH is 1. The average molecular weight is 290 g/mol. The van der Waals surface area contributed by atoms with E-state index in [1.165, 1.54) is 11.3 Å². The Morgan fingerprint density at radius 3 is 2.29 bits per heavy atom. The van der Waals surface area contributed by atoms with E-state index in [9.17, 15) is 5.11 Å². The first-order valence-corrected chi connectivity index (χ1v) is 8.42. The summed E-state index contributed by atoms with van der Waals surface area (Å²) in [4.78, 5) is 2.44. The van der Waals surface area contributed by atoms with Crippen molar-refractivity contribution in [2.75, 3.05) is 24.5 Å². The molecule has 3 nitrogen and oxygen atoms in total. The first kappa shape index (κ1) is 16.3. The van der Waals surface area contributed by atoms with Gasteiger partial charge in [0.2, 0.25) is 0 Å². The maximum absolute atomic E-state index is 9.68. The summed E-state index contributed by atoms with van der Waals surface area (Å²) in [7, 11) is 0. The molecule has 0 aromatic heterocycles. The summed E-state index contributed by atoms with van der Waals surface area (Å²) >= 11 is 0. The summed E-state index contributed by atoms with van der Waals surface area (Å²) in [6.07, 6.45) is 3.13. The van der Waals surface area contributed by atoms with Gasteiger partial charge in [0.05, 0.1) is 6.10 Å². The minimum atomic E-state index is -0.167. The van der Waals surface area contributed by atoms with Crippen molar-refractivity contribution in [1.29, 1.82) is 0 Å². The Hall–Kier alpha value is -1.06. The second-order valence-corrected chi connectivity index (χ2v) is 6.18. The molecule has 0 radical (unpaired) electrons. The normalized spacial score (nSPS) is 19.5. The number of hydrogen-bond acceptors (Lipinski definition) is 3. The minimum Gasteiger partial charge on any atom is -0.393 e. The Kier molecular flexibility index (Phi) is 6.07. The quantitative estimate of drug-likeness (QED) is 0.843. The van der Waals surface area contributed by atoms with Gasteiger partial charge in [-0.25, -0.2) is 0 Å². The van der Waals surface area contributed by atoms with Crippen LogP contribution < -0.4 is 10.2 Å². The third kappa shape index (κ3) is 4.21. The van der Waals surface area contributed by atoms with E-state index in [0.717, 1.165) is 38.9 Å². The molecule has 0 saturated carbocycles. The summed E-state index contributed by atoms with van der Waals surface area (Å²) in [5.74, 6) is 0.471. The van der Waals surface area contributed by atoms with Crippen LogP contribution in [-0.4, -0.2) is 30.8 Å². The van der Waals surface area contributed by atoms with Gasteiger partial charge in [0, 0.05) is 24.8 Å². The second kappa shape index (κ2) is 7.81. The molecule has 2 unspecified atom stereocenters. The maximum atomic E-state index is 9.68. The van der Waals surface area contributed by atoms with Crippen molar-refractivity contribution in [3.05, 3.63) is 29.8 Å². The zero-order chi connectivity index (χ0) is 15.2. The van der Waals surface area contributed by atoms with E-state index in [2.05, 4.69) is 48.3 Å². The zero-order valence-corrected chi connectivity index (χ0v) is 13.7. The Labute approximate surface area is 129 Å². The number of anilines is 1. The van der Waals surface area contributed by atoms with Crippen molar-refractivity contribution in [1.82, 2.24) is 5.32 Å². The highest BCUT2D eigenvalue weighted by atomic mass is 16.3. The molecule has 0 spiro atoms. The highest BCUT2D eigenvalue weighted by molar-refractivity contribution is 5.48. The van der Waals surface area contributed by atoms with Gasteiger partial charge in [-0.2, -0.15) is 0 Å². The molecule has 1 aliphatic heterocycles. The molecule has 1 fully saturated rings. The van der Waals surface area contributed by atoms with Crippen LogP contribution in [0.1, 0.15) is 51.6 Å². The van der Waals surface area contributed by atoms with Crippen LogP contribution in [0.15, 0.2) is 24.3 Å². The molecule has 0 bridgehead atoms. The smallest absolute Gasteiger partial charge is 0.0541 e. The van der Waals surface area contributed by atoms with Gasteiger partial charge in [-0.05, 0) is 56.3 Å². The lowest BCUT2D eigenvalue weighted by atomic mass is 9.92. The van der Waals surface area contributed by atoms with Gasteiger partial charge < -0.3 is 15.3 Å². The van der Waals surface area contributed by atoms with Gasteiger partial charge in [-0.1, -0.05) is 26.0 Å². The number of piperidine rings is 1. The number of benzene rings is 1. The van der Waals surface area contributed by atoms with Crippen LogP contribution in [0.3, 0.4) is 0 Å². The van der Waals surface area contributed by atoms with Gasteiger partial charge in [0.15, 0.2) is 0 Å². The third-order valence-electron chi connectivity index (χ3n) is 4.74. The van der Waals surface area contributed by atoms with E-state index in [4.69, 9.17) is 0 Å². The summed E-state index contributed by atoms with van der Waals surface area (Å²) in [6.45, 7) is 9.41.